The van der Waals surface area contributed by atoms with E-state index in [0.29, 0.717) is 11.4 Å². The first-order valence-electron chi connectivity index (χ1n) is 7.34. The molecule has 1 atom stereocenters. The van der Waals surface area contributed by atoms with Crippen molar-refractivity contribution in [2.45, 2.75) is 18.8 Å². The van der Waals surface area contributed by atoms with E-state index in [1.54, 1.807) is 14.2 Å². The summed E-state index contributed by atoms with van der Waals surface area (Å²) >= 11 is 6.01. The van der Waals surface area contributed by atoms with Crippen LogP contribution in [0, 0.1) is 0 Å². The number of fused-ring (bicyclic) bond motifs is 1. The van der Waals surface area contributed by atoms with Gasteiger partial charge in [0.2, 0.25) is 0 Å². The van der Waals surface area contributed by atoms with Gasteiger partial charge in [-0.3, -0.25) is 0 Å². The fourth-order valence-electron chi connectivity index (χ4n) is 2.65. The van der Waals surface area contributed by atoms with E-state index in [0.717, 1.165) is 16.6 Å². The maximum Gasteiger partial charge on any atom is 0.159 e. The molecule has 3 rings (SSSR count). The van der Waals surface area contributed by atoms with Crippen molar-refractivity contribution in [2.24, 2.45) is 0 Å². The van der Waals surface area contributed by atoms with Crippen LogP contribution in [0.25, 0.3) is 11.0 Å². The minimum atomic E-state index is -0.335. The van der Waals surface area contributed by atoms with Crippen molar-refractivity contribution in [1.82, 2.24) is 15.0 Å². The Morgan fingerprint density at radius 2 is 1.74 bits per heavy atom. The molecule has 1 aromatic heterocycles. The van der Waals surface area contributed by atoms with E-state index >= 15 is 0 Å². The summed E-state index contributed by atoms with van der Waals surface area (Å²) in [5.41, 5.74) is 2.90. The fourth-order valence-corrected chi connectivity index (χ4v) is 2.78. The van der Waals surface area contributed by atoms with Crippen molar-refractivity contribution >= 4 is 22.6 Å². The van der Waals surface area contributed by atoms with Gasteiger partial charge in [0.1, 0.15) is 5.52 Å². The molecule has 0 N–H and O–H groups in total. The first-order chi connectivity index (χ1) is 11.2. The molecule has 23 heavy (non-hydrogen) atoms. The lowest BCUT2D eigenvalue weighted by Crippen LogP contribution is -2.22. The van der Waals surface area contributed by atoms with Crippen molar-refractivity contribution < 1.29 is 9.47 Å². The SMILES string of the molecule is COC(CC(c1ccc(Cl)cc1)n1nnc2ccccc21)OC. The smallest absolute Gasteiger partial charge is 0.159 e. The third kappa shape index (κ3) is 3.37. The van der Waals surface area contributed by atoms with Gasteiger partial charge < -0.3 is 9.47 Å². The Hall–Kier alpha value is -1.95. The minimum absolute atomic E-state index is 0.0652. The number of rotatable bonds is 6. The zero-order valence-corrected chi connectivity index (χ0v) is 13.8. The summed E-state index contributed by atoms with van der Waals surface area (Å²) in [6.45, 7) is 0. The summed E-state index contributed by atoms with van der Waals surface area (Å²) in [5, 5.41) is 9.29. The second-order valence-electron chi connectivity index (χ2n) is 5.23. The summed E-state index contributed by atoms with van der Waals surface area (Å²) in [7, 11) is 3.26. The van der Waals surface area contributed by atoms with Crippen LogP contribution in [0.1, 0.15) is 18.0 Å². The van der Waals surface area contributed by atoms with E-state index in [4.69, 9.17) is 21.1 Å². The van der Waals surface area contributed by atoms with Crippen LogP contribution < -0.4 is 0 Å². The molecule has 0 aliphatic carbocycles. The van der Waals surface area contributed by atoms with E-state index in [2.05, 4.69) is 10.3 Å². The number of ether oxygens (including phenoxy) is 2. The molecule has 6 heteroatoms. The first-order valence-corrected chi connectivity index (χ1v) is 7.71. The molecule has 1 unspecified atom stereocenters. The van der Waals surface area contributed by atoms with Crippen LogP contribution in [0.2, 0.25) is 5.02 Å². The number of nitrogens with zero attached hydrogens (tertiary/aromatic N) is 3. The summed E-state index contributed by atoms with van der Waals surface area (Å²) in [6, 6.07) is 15.5. The van der Waals surface area contributed by atoms with Crippen molar-refractivity contribution in [3.05, 3.63) is 59.1 Å². The average Bonchev–Trinajstić information content (AvgIpc) is 3.01. The lowest BCUT2D eigenvalue weighted by molar-refractivity contribution is -0.111. The molecule has 0 amide bonds. The molecule has 0 fully saturated rings. The predicted octanol–water partition coefficient (Wildman–Crippen LogP) is 3.68. The lowest BCUT2D eigenvalue weighted by Gasteiger charge is -2.23. The van der Waals surface area contributed by atoms with E-state index in [1.807, 2.05) is 53.2 Å². The van der Waals surface area contributed by atoms with E-state index in [-0.39, 0.29) is 12.3 Å². The molecular formula is C17H18ClN3O2. The van der Waals surface area contributed by atoms with Crippen molar-refractivity contribution in [3.8, 4) is 0 Å². The zero-order valence-electron chi connectivity index (χ0n) is 13.0. The lowest BCUT2D eigenvalue weighted by atomic mass is 10.0. The topological polar surface area (TPSA) is 49.2 Å². The van der Waals surface area contributed by atoms with Gasteiger partial charge in [-0.05, 0) is 29.8 Å². The Labute approximate surface area is 139 Å². The highest BCUT2D eigenvalue weighted by atomic mass is 35.5. The molecule has 0 spiro atoms. The highest BCUT2D eigenvalue weighted by Crippen LogP contribution is 2.28. The van der Waals surface area contributed by atoms with Gasteiger partial charge in [-0.15, -0.1) is 5.10 Å². The Morgan fingerprint density at radius 1 is 1.04 bits per heavy atom. The van der Waals surface area contributed by atoms with E-state index in [9.17, 15) is 0 Å². The quantitative estimate of drug-likeness (QED) is 0.646. The van der Waals surface area contributed by atoms with Crippen molar-refractivity contribution in [2.75, 3.05) is 14.2 Å². The molecule has 1 heterocycles. The maximum absolute atomic E-state index is 6.01. The van der Waals surface area contributed by atoms with Crippen LogP contribution >= 0.6 is 11.6 Å². The van der Waals surface area contributed by atoms with Crippen LogP contribution in [0.3, 0.4) is 0 Å². The number of benzene rings is 2. The second kappa shape index (κ2) is 7.08. The monoisotopic (exact) mass is 331 g/mol. The summed E-state index contributed by atoms with van der Waals surface area (Å²) in [5.74, 6) is 0. The van der Waals surface area contributed by atoms with Gasteiger partial charge in [0.05, 0.1) is 11.6 Å². The molecule has 2 aromatic carbocycles. The van der Waals surface area contributed by atoms with Gasteiger partial charge in [-0.2, -0.15) is 0 Å². The van der Waals surface area contributed by atoms with Gasteiger partial charge in [0.25, 0.3) is 0 Å². The third-order valence-electron chi connectivity index (χ3n) is 3.87. The van der Waals surface area contributed by atoms with E-state index < -0.39 is 0 Å². The number of halogens is 1. The summed E-state index contributed by atoms with van der Waals surface area (Å²) in [4.78, 5) is 0. The van der Waals surface area contributed by atoms with Crippen LogP contribution in [0.5, 0.6) is 0 Å². The molecule has 0 saturated carbocycles. The third-order valence-corrected chi connectivity index (χ3v) is 4.12. The van der Waals surface area contributed by atoms with Gasteiger partial charge in [0.15, 0.2) is 6.29 Å². The zero-order chi connectivity index (χ0) is 16.2. The van der Waals surface area contributed by atoms with Gasteiger partial charge in [-0.25, -0.2) is 4.68 Å². The highest BCUT2D eigenvalue weighted by Gasteiger charge is 2.22. The predicted molar refractivity (Wildman–Crippen MR) is 89.5 cm³/mol. The van der Waals surface area contributed by atoms with Gasteiger partial charge in [-0.1, -0.05) is 41.1 Å². The van der Waals surface area contributed by atoms with Gasteiger partial charge >= 0.3 is 0 Å². The van der Waals surface area contributed by atoms with Crippen LogP contribution in [0.15, 0.2) is 48.5 Å². The highest BCUT2D eigenvalue weighted by molar-refractivity contribution is 6.30. The Morgan fingerprint density at radius 3 is 2.43 bits per heavy atom. The largest absolute Gasteiger partial charge is 0.356 e. The second-order valence-corrected chi connectivity index (χ2v) is 5.66. The number of methoxy groups -OCH3 is 2. The first kappa shape index (κ1) is 15.9. The standard InChI is InChI=1S/C17H18ClN3O2/c1-22-17(23-2)11-16(12-7-9-13(18)10-8-12)21-15-6-4-3-5-14(15)19-20-21/h3-10,16-17H,11H2,1-2H3. The molecule has 0 bridgehead atoms. The molecule has 3 aromatic rings. The molecule has 0 aliphatic heterocycles. The van der Waals surface area contributed by atoms with Crippen LogP contribution in [0.4, 0.5) is 0 Å². The Balaban J connectivity index is 2.05. The molecular weight excluding hydrogens is 314 g/mol. The van der Waals surface area contributed by atoms with E-state index in [1.165, 1.54) is 0 Å². The van der Waals surface area contributed by atoms with Gasteiger partial charge in [0, 0.05) is 25.7 Å². The molecule has 0 aliphatic rings. The molecule has 120 valence electrons. The number of hydrogen-bond acceptors (Lipinski definition) is 4. The van der Waals surface area contributed by atoms with Crippen LogP contribution in [-0.2, 0) is 9.47 Å². The van der Waals surface area contributed by atoms with Crippen LogP contribution in [-0.4, -0.2) is 35.5 Å². The Kier molecular flexibility index (Phi) is 4.91. The number of hydrogen-bond donors (Lipinski definition) is 0. The molecule has 0 radical (unpaired) electrons. The molecule has 0 saturated heterocycles. The fraction of sp³-hybridized carbons (Fsp3) is 0.294. The Bertz CT molecular complexity index is 769. The number of para-hydroxylation sites is 1. The minimum Gasteiger partial charge on any atom is -0.356 e. The summed E-state index contributed by atoms with van der Waals surface area (Å²) in [6.07, 6.45) is 0.278. The molecule has 5 nitrogen and oxygen atoms in total. The normalized spacial score (nSPS) is 12.9. The average molecular weight is 332 g/mol. The van der Waals surface area contributed by atoms with Crippen molar-refractivity contribution in [3.63, 3.8) is 0 Å². The summed E-state index contributed by atoms with van der Waals surface area (Å²) < 4.78 is 12.7. The van der Waals surface area contributed by atoms with Crippen molar-refractivity contribution in [1.29, 1.82) is 0 Å². The maximum atomic E-state index is 6.01. The number of aromatic nitrogens is 3.